The normalized spacial score (nSPS) is 12.9. The van der Waals surface area contributed by atoms with Gasteiger partial charge >= 0.3 is 0 Å². The summed E-state index contributed by atoms with van der Waals surface area (Å²) in [5.41, 5.74) is 16.0. The number of hydrogen-bond donors (Lipinski definition) is 0. The Kier molecular flexibility index (Phi) is 6.74. The van der Waals surface area contributed by atoms with Gasteiger partial charge in [0.2, 0.25) is 0 Å². The summed E-state index contributed by atoms with van der Waals surface area (Å²) in [4.78, 5) is 9.17. The average Bonchev–Trinajstić information content (AvgIpc) is 3.95. The molecule has 6 heterocycles. The molecule has 0 N–H and O–H groups in total. The number of benzene rings is 11. The summed E-state index contributed by atoms with van der Waals surface area (Å²) < 4.78 is 5.23. The van der Waals surface area contributed by atoms with E-state index < -0.39 is 0 Å². The van der Waals surface area contributed by atoms with Crippen molar-refractivity contribution in [3.63, 3.8) is 0 Å². The molecule has 314 valence electrons. The van der Waals surface area contributed by atoms with Crippen molar-refractivity contribution in [1.82, 2.24) is 19.1 Å². The summed E-state index contributed by atoms with van der Waals surface area (Å²) >= 11 is 0. The van der Waals surface area contributed by atoms with Crippen LogP contribution in [0.15, 0.2) is 213 Å². The molecule has 2 aliphatic heterocycles. The van der Waals surface area contributed by atoms with Gasteiger partial charge in [-0.25, -0.2) is 0 Å². The number of fused-ring (bicyclic) bond motifs is 24. The van der Waals surface area contributed by atoms with Gasteiger partial charge < -0.3 is 9.13 Å². The smallest absolute Gasteiger partial charge is 0.252 e. The third-order valence-electron chi connectivity index (χ3n) is 16.0. The van der Waals surface area contributed by atoms with Crippen LogP contribution in [0.3, 0.4) is 0 Å². The molecule has 0 saturated carbocycles. The van der Waals surface area contributed by atoms with Crippen molar-refractivity contribution in [2.24, 2.45) is 0 Å². The highest BCUT2D eigenvalue weighted by molar-refractivity contribution is 7.00. The van der Waals surface area contributed by atoms with Crippen LogP contribution in [0.2, 0.25) is 0 Å². The molecule has 5 heteroatoms. The molecular weight excluding hydrogens is 836 g/mol. The quantitative estimate of drug-likeness (QED) is 0.128. The van der Waals surface area contributed by atoms with E-state index in [1.807, 2.05) is 30.9 Å². The third-order valence-corrected chi connectivity index (χ3v) is 16.0. The molecule has 15 aromatic rings. The minimum absolute atomic E-state index is 0.0669. The number of hydrogen-bond acceptors (Lipinski definition) is 2. The Balaban J connectivity index is 1.13. The van der Waals surface area contributed by atoms with Crippen molar-refractivity contribution in [2.45, 2.75) is 0 Å². The van der Waals surface area contributed by atoms with Gasteiger partial charge in [-0.1, -0.05) is 140 Å². The lowest BCUT2D eigenvalue weighted by atomic mass is 9.34. The molecule has 4 nitrogen and oxygen atoms in total. The van der Waals surface area contributed by atoms with E-state index in [0.29, 0.717) is 0 Å². The molecule has 4 aromatic heterocycles. The van der Waals surface area contributed by atoms with E-state index >= 15 is 0 Å². The van der Waals surface area contributed by atoms with Crippen LogP contribution in [0.4, 0.5) is 0 Å². The van der Waals surface area contributed by atoms with E-state index in [2.05, 4.69) is 201 Å². The topological polar surface area (TPSA) is 35.6 Å². The molecular formula is C64H35BN4. The van der Waals surface area contributed by atoms with E-state index in [-0.39, 0.29) is 6.71 Å². The zero-order chi connectivity index (χ0) is 44.6. The van der Waals surface area contributed by atoms with Crippen LogP contribution in [0.25, 0.3) is 142 Å². The number of rotatable bonds is 2. The second-order valence-electron chi connectivity index (χ2n) is 19.2. The number of nitrogens with zero attached hydrogens (tertiary/aromatic N) is 4. The molecule has 0 fully saturated rings. The summed E-state index contributed by atoms with van der Waals surface area (Å²) in [6, 6.07) is 71.1. The van der Waals surface area contributed by atoms with Crippen molar-refractivity contribution in [2.75, 3.05) is 0 Å². The van der Waals surface area contributed by atoms with Gasteiger partial charge in [0.25, 0.3) is 6.71 Å². The molecule has 2 aliphatic rings. The highest BCUT2D eigenvalue weighted by Crippen LogP contribution is 2.49. The summed E-state index contributed by atoms with van der Waals surface area (Å²) in [6.07, 6.45) is 7.70. The molecule has 17 rings (SSSR count). The minimum atomic E-state index is -0.0669. The zero-order valence-corrected chi connectivity index (χ0v) is 37.1. The number of aromatic nitrogens is 4. The van der Waals surface area contributed by atoms with Gasteiger partial charge in [0, 0.05) is 79.6 Å². The van der Waals surface area contributed by atoms with Crippen LogP contribution < -0.4 is 16.4 Å². The highest BCUT2D eigenvalue weighted by atomic mass is 15.0. The predicted molar refractivity (Wildman–Crippen MR) is 291 cm³/mol. The molecule has 0 bridgehead atoms. The van der Waals surface area contributed by atoms with Gasteiger partial charge in [0.15, 0.2) is 0 Å². The average molecular weight is 871 g/mol. The molecule has 11 aromatic carbocycles. The van der Waals surface area contributed by atoms with E-state index in [9.17, 15) is 0 Å². The summed E-state index contributed by atoms with van der Waals surface area (Å²) in [7, 11) is 0. The first-order chi connectivity index (χ1) is 34.3. The Morgan fingerprint density at radius 3 is 1.43 bits per heavy atom. The molecule has 0 amide bonds. The Bertz CT molecular complexity index is 4800. The molecule has 0 radical (unpaired) electrons. The SMILES string of the molecule is c1cncc(-c2ccc3c(c2)c2cc(-c4cccnc4)cc4c2n3-c2cccc3c2B4c2cc4c5ccccc5c5ccccc5c4c4c5c6c7ccccc7c7ccccc7c6ccc5n-3c24)c1. The fraction of sp³-hybridized carbons (Fsp3) is 0. The zero-order valence-electron chi connectivity index (χ0n) is 37.1. The molecule has 69 heavy (non-hydrogen) atoms. The molecule has 0 atom stereocenters. The summed E-state index contributed by atoms with van der Waals surface area (Å²) in [5.74, 6) is 0. The molecule has 0 unspecified atom stereocenters. The van der Waals surface area contributed by atoms with Crippen LogP contribution in [-0.2, 0) is 0 Å². The maximum absolute atomic E-state index is 4.66. The maximum atomic E-state index is 4.66. The monoisotopic (exact) mass is 870 g/mol. The largest absolute Gasteiger partial charge is 0.310 e. The Hall–Kier alpha value is -9.06. The van der Waals surface area contributed by atoms with Crippen LogP contribution in [0, 0.1) is 0 Å². The summed E-state index contributed by atoms with van der Waals surface area (Å²) in [5, 5.41) is 20.6. The third kappa shape index (κ3) is 4.46. The molecule has 0 spiro atoms. The van der Waals surface area contributed by atoms with E-state index in [4.69, 9.17) is 0 Å². The lowest BCUT2D eigenvalue weighted by molar-refractivity contribution is 1.14. The first-order valence-corrected chi connectivity index (χ1v) is 23.9. The fourth-order valence-corrected chi connectivity index (χ4v) is 13.3. The standard InChI is InChI=1S/C64H35BN4/c1-3-18-44-40(14-1)42-16-5-7-20-46(42)58-48(44)25-27-55-60(58)61-59-47-21-8-6-17-43(47)41-15-2-4-19-45(41)50(59)33-53-64(61)69(55)57-23-9-22-56-62(57)65(53)52-32-39(38-13-11-29-67-35-38)31-51-49-30-36(37-12-10-28-66-34-37)24-26-54(49)68(56)63(51)52/h1-35H. The highest BCUT2D eigenvalue weighted by Gasteiger charge is 2.42. The van der Waals surface area contributed by atoms with Gasteiger partial charge in [0.05, 0.1) is 16.6 Å². The van der Waals surface area contributed by atoms with Crippen molar-refractivity contribution in [1.29, 1.82) is 0 Å². The second-order valence-corrected chi connectivity index (χ2v) is 19.2. The lowest BCUT2D eigenvalue weighted by Crippen LogP contribution is -2.59. The Labute approximate surface area is 395 Å². The van der Waals surface area contributed by atoms with Crippen LogP contribution in [0.5, 0.6) is 0 Å². The minimum Gasteiger partial charge on any atom is -0.310 e. The maximum Gasteiger partial charge on any atom is 0.252 e. The fourth-order valence-electron chi connectivity index (χ4n) is 13.3. The van der Waals surface area contributed by atoms with E-state index in [0.717, 1.165) is 16.7 Å². The second kappa shape index (κ2) is 12.9. The first-order valence-electron chi connectivity index (χ1n) is 23.9. The van der Waals surface area contributed by atoms with E-state index in [1.54, 1.807) is 0 Å². The van der Waals surface area contributed by atoms with Gasteiger partial charge in [-0.2, -0.15) is 0 Å². The van der Waals surface area contributed by atoms with Crippen LogP contribution in [0.1, 0.15) is 0 Å². The van der Waals surface area contributed by atoms with Crippen LogP contribution >= 0.6 is 0 Å². The van der Waals surface area contributed by atoms with Gasteiger partial charge in [-0.15, -0.1) is 0 Å². The van der Waals surface area contributed by atoms with Crippen molar-refractivity contribution >= 4 is 131 Å². The van der Waals surface area contributed by atoms with Gasteiger partial charge in [0.1, 0.15) is 0 Å². The lowest BCUT2D eigenvalue weighted by Gasteiger charge is -2.34. The van der Waals surface area contributed by atoms with E-state index in [1.165, 1.54) is 142 Å². The van der Waals surface area contributed by atoms with Crippen molar-refractivity contribution in [3.05, 3.63) is 213 Å². The Morgan fingerprint density at radius 2 is 0.812 bits per heavy atom. The van der Waals surface area contributed by atoms with Crippen molar-refractivity contribution in [3.8, 4) is 33.6 Å². The van der Waals surface area contributed by atoms with Crippen molar-refractivity contribution < 1.29 is 0 Å². The van der Waals surface area contributed by atoms with Gasteiger partial charge in [-0.3, -0.25) is 9.97 Å². The van der Waals surface area contributed by atoms with Gasteiger partial charge in [-0.05, 0) is 135 Å². The summed E-state index contributed by atoms with van der Waals surface area (Å²) in [6.45, 7) is -0.0669. The molecule has 0 aliphatic carbocycles. The molecule has 0 saturated heterocycles. The Morgan fingerprint density at radius 1 is 0.304 bits per heavy atom. The predicted octanol–water partition coefficient (Wildman–Crippen LogP) is 14.1. The first kappa shape index (κ1) is 36.1. The number of pyridine rings is 2. The van der Waals surface area contributed by atoms with Crippen LogP contribution in [-0.4, -0.2) is 25.8 Å².